The van der Waals surface area contributed by atoms with Gasteiger partial charge in [0.15, 0.2) is 0 Å². The predicted molar refractivity (Wildman–Crippen MR) is 64.6 cm³/mol. The minimum atomic E-state index is -0.0131. The van der Waals surface area contributed by atoms with Gasteiger partial charge in [-0.3, -0.25) is 4.79 Å². The van der Waals surface area contributed by atoms with Crippen LogP contribution in [0.3, 0.4) is 0 Å². The number of methoxy groups -OCH3 is 1. The molecule has 1 N–H and O–H groups in total. The molecule has 0 radical (unpaired) electrons. The van der Waals surface area contributed by atoms with Crippen LogP contribution in [0.1, 0.15) is 30.1 Å². The second-order valence-corrected chi connectivity index (χ2v) is 5.13. The molecule has 0 aromatic heterocycles. The van der Waals surface area contributed by atoms with Crippen LogP contribution >= 0.6 is 0 Å². The molecule has 2 atom stereocenters. The Morgan fingerprint density at radius 1 is 1.35 bits per heavy atom. The van der Waals surface area contributed by atoms with Gasteiger partial charge in [-0.1, -0.05) is 24.3 Å². The molecule has 1 spiro atoms. The van der Waals surface area contributed by atoms with Gasteiger partial charge in [0.05, 0.1) is 6.10 Å². The molecule has 90 valence electrons. The Labute approximate surface area is 101 Å². The van der Waals surface area contributed by atoms with E-state index < -0.39 is 0 Å². The number of piperidine rings is 1. The molecule has 3 rings (SSSR count). The van der Waals surface area contributed by atoms with Crippen molar-refractivity contribution < 1.29 is 9.53 Å². The average Bonchev–Trinajstić information content (AvgIpc) is 2.61. The maximum absolute atomic E-state index is 11.7. The van der Waals surface area contributed by atoms with Crippen LogP contribution in [0.4, 0.5) is 0 Å². The summed E-state index contributed by atoms with van der Waals surface area (Å²) >= 11 is 0. The Morgan fingerprint density at radius 3 is 2.94 bits per heavy atom. The van der Waals surface area contributed by atoms with Crippen molar-refractivity contribution in [2.24, 2.45) is 5.41 Å². The smallest absolute Gasteiger partial charge is 0.220 e. The zero-order valence-electron chi connectivity index (χ0n) is 10.0. The number of hydrogen-bond donors (Lipinski definition) is 1. The third-order valence-corrected chi connectivity index (χ3v) is 4.13. The number of benzene rings is 1. The van der Waals surface area contributed by atoms with E-state index in [0.717, 1.165) is 19.4 Å². The summed E-state index contributed by atoms with van der Waals surface area (Å²) in [6.45, 7) is 0.771. The molecule has 1 amide bonds. The van der Waals surface area contributed by atoms with Crippen molar-refractivity contribution >= 4 is 5.91 Å². The molecular weight excluding hydrogens is 214 g/mol. The summed E-state index contributed by atoms with van der Waals surface area (Å²) in [5, 5.41) is 2.91. The Kier molecular flexibility index (Phi) is 2.44. The molecule has 1 aliphatic carbocycles. The minimum absolute atomic E-state index is 0.0131. The molecule has 3 heteroatoms. The quantitative estimate of drug-likeness (QED) is 0.800. The first kappa shape index (κ1) is 10.8. The van der Waals surface area contributed by atoms with Crippen LogP contribution in [0.25, 0.3) is 0 Å². The minimum Gasteiger partial charge on any atom is -0.376 e. The first-order valence-corrected chi connectivity index (χ1v) is 6.12. The van der Waals surface area contributed by atoms with Crippen LogP contribution in [-0.2, 0) is 16.0 Å². The molecule has 1 aromatic carbocycles. The lowest BCUT2D eigenvalue weighted by Crippen LogP contribution is -2.43. The fraction of sp³-hybridized carbons (Fsp3) is 0.500. The van der Waals surface area contributed by atoms with Crippen LogP contribution < -0.4 is 5.32 Å². The van der Waals surface area contributed by atoms with Gasteiger partial charge in [-0.05, 0) is 24.0 Å². The summed E-state index contributed by atoms with van der Waals surface area (Å²) in [5.74, 6) is 0.158. The molecule has 0 saturated carbocycles. The molecule has 2 aliphatic rings. The van der Waals surface area contributed by atoms with Crippen molar-refractivity contribution in [3.63, 3.8) is 0 Å². The number of carbonyl (C=O) groups is 1. The highest BCUT2D eigenvalue weighted by molar-refractivity contribution is 5.78. The van der Waals surface area contributed by atoms with E-state index in [1.54, 1.807) is 7.11 Å². The Balaban J connectivity index is 2.01. The highest BCUT2D eigenvalue weighted by Gasteiger charge is 2.48. The standard InChI is InChI=1S/C14H17NO2/c1-17-13-11-5-3-2-4-10(11)8-14(13)6-7-15-12(16)9-14/h2-5,13H,6-9H2,1H3,(H,15,16). The summed E-state index contributed by atoms with van der Waals surface area (Å²) in [6.07, 6.45) is 2.63. The predicted octanol–water partition coefficient (Wildman–Crippen LogP) is 1.83. The highest BCUT2D eigenvalue weighted by Crippen LogP contribution is 2.52. The fourth-order valence-electron chi connectivity index (χ4n) is 3.43. The third-order valence-electron chi connectivity index (χ3n) is 4.13. The summed E-state index contributed by atoms with van der Waals surface area (Å²) in [5.41, 5.74) is 2.60. The van der Waals surface area contributed by atoms with Crippen molar-refractivity contribution in [3.8, 4) is 0 Å². The molecule has 1 aromatic rings. The fourth-order valence-corrected chi connectivity index (χ4v) is 3.43. The SMILES string of the molecule is COC1c2ccccc2CC12CCNC(=O)C2. The van der Waals surface area contributed by atoms with Crippen molar-refractivity contribution in [3.05, 3.63) is 35.4 Å². The summed E-state index contributed by atoms with van der Waals surface area (Å²) in [6, 6.07) is 8.40. The number of rotatable bonds is 1. The second kappa shape index (κ2) is 3.84. The first-order valence-electron chi connectivity index (χ1n) is 6.12. The number of nitrogens with one attached hydrogen (secondary N) is 1. The van der Waals surface area contributed by atoms with Gasteiger partial charge in [0.2, 0.25) is 5.91 Å². The van der Waals surface area contributed by atoms with Gasteiger partial charge in [0.1, 0.15) is 0 Å². The van der Waals surface area contributed by atoms with E-state index in [9.17, 15) is 4.79 Å². The maximum Gasteiger partial charge on any atom is 0.220 e. The van der Waals surface area contributed by atoms with E-state index in [4.69, 9.17) is 4.74 Å². The lowest BCUT2D eigenvalue weighted by molar-refractivity contribution is -0.130. The Morgan fingerprint density at radius 2 is 2.18 bits per heavy atom. The number of ether oxygens (including phenoxy) is 1. The van der Waals surface area contributed by atoms with E-state index in [2.05, 4.69) is 23.5 Å². The van der Waals surface area contributed by atoms with E-state index in [-0.39, 0.29) is 17.4 Å². The van der Waals surface area contributed by atoms with Crippen molar-refractivity contribution in [2.75, 3.05) is 13.7 Å². The molecule has 1 fully saturated rings. The van der Waals surface area contributed by atoms with Crippen molar-refractivity contribution in [1.82, 2.24) is 5.32 Å². The van der Waals surface area contributed by atoms with Crippen LogP contribution in [0.5, 0.6) is 0 Å². The molecule has 0 bridgehead atoms. The molecular formula is C14H17NO2. The summed E-state index contributed by atoms with van der Waals surface area (Å²) in [7, 11) is 1.75. The van der Waals surface area contributed by atoms with Gasteiger partial charge in [0, 0.05) is 25.5 Å². The van der Waals surface area contributed by atoms with Crippen molar-refractivity contribution in [1.29, 1.82) is 0 Å². The van der Waals surface area contributed by atoms with Gasteiger partial charge >= 0.3 is 0 Å². The number of fused-ring (bicyclic) bond motifs is 1. The van der Waals surface area contributed by atoms with Gasteiger partial charge in [-0.15, -0.1) is 0 Å². The van der Waals surface area contributed by atoms with E-state index in [1.807, 2.05) is 6.07 Å². The van der Waals surface area contributed by atoms with E-state index >= 15 is 0 Å². The van der Waals surface area contributed by atoms with Crippen LogP contribution in [0.15, 0.2) is 24.3 Å². The maximum atomic E-state index is 11.7. The molecule has 1 saturated heterocycles. The zero-order valence-corrected chi connectivity index (χ0v) is 10.0. The third kappa shape index (κ3) is 1.57. The van der Waals surface area contributed by atoms with Gasteiger partial charge in [-0.25, -0.2) is 0 Å². The zero-order chi connectivity index (χ0) is 11.9. The summed E-state index contributed by atoms with van der Waals surface area (Å²) in [4.78, 5) is 11.7. The van der Waals surface area contributed by atoms with Gasteiger partial charge < -0.3 is 10.1 Å². The van der Waals surface area contributed by atoms with E-state index in [1.165, 1.54) is 11.1 Å². The first-order chi connectivity index (χ1) is 8.25. The second-order valence-electron chi connectivity index (χ2n) is 5.13. The molecule has 3 nitrogen and oxygen atoms in total. The van der Waals surface area contributed by atoms with Crippen molar-refractivity contribution in [2.45, 2.75) is 25.4 Å². The lowest BCUT2D eigenvalue weighted by atomic mass is 9.74. The van der Waals surface area contributed by atoms with Gasteiger partial charge in [-0.2, -0.15) is 0 Å². The van der Waals surface area contributed by atoms with Crippen LogP contribution in [-0.4, -0.2) is 19.6 Å². The molecule has 1 heterocycles. The van der Waals surface area contributed by atoms with Crippen LogP contribution in [0.2, 0.25) is 0 Å². The Bertz CT molecular complexity index is 457. The topological polar surface area (TPSA) is 38.3 Å². The molecule has 2 unspecified atom stereocenters. The number of carbonyl (C=O) groups excluding carboxylic acids is 1. The van der Waals surface area contributed by atoms with Crippen LogP contribution in [0, 0.1) is 5.41 Å². The normalized spacial score (nSPS) is 31.4. The average molecular weight is 231 g/mol. The monoisotopic (exact) mass is 231 g/mol. The molecule has 17 heavy (non-hydrogen) atoms. The number of hydrogen-bond acceptors (Lipinski definition) is 2. The lowest BCUT2D eigenvalue weighted by Gasteiger charge is -2.37. The highest BCUT2D eigenvalue weighted by atomic mass is 16.5. The Hall–Kier alpha value is -1.35. The van der Waals surface area contributed by atoms with Gasteiger partial charge in [0.25, 0.3) is 0 Å². The number of amides is 1. The van der Waals surface area contributed by atoms with E-state index in [0.29, 0.717) is 6.42 Å². The largest absolute Gasteiger partial charge is 0.376 e. The summed E-state index contributed by atoms with van der Waals surface area (Å²) < 4.78 is 5.70. The molecule has 1 aliphatic heterocycles.